The maximum atomic E-state index is 12.2. The zero-order valence-electron chi connectivity index (χ0n) is 16.5. The Morgan fingerprint density at radius 3 is 2.39 bits per heavy atom. The van der Waals surface area contributed by atoms with Gasteiger partial charge in [0, 0.05) is 12.1 Å². The molecule has 2 amide bonds. The molecule has 0 aliphatic heterocycles. The van der Waals surface area contributed by atoms with E-state index in [2.05, 4.69) is 24.5 Å². The molecule has 2 N–H and O–H groups in total. The molecular weight excluding hydrogens is 376 g/mol. The highest BCUT2D eigenvalue weighted by molar-refractivity contribution is 6.33. The maximum absolute atomic E-state index is 12.2. The van der Waals surface area contributed by atoms with Crippen LogP contribution < -0.4 is 15.4 Å². The van der Waals surface area contributed by atoms with Crippen molar-refractivity contribution in [3.8, 4) is 5.75 Å². The molecule has 0 radical (unpaired) electrons. The summed E-state index contributed by atoms with van der Waals surface area (Å²) in [6, 6.07) is 12.7. The molecular formula is C22H27ClN2O3. The van der Waals surface area contributed by atoms with E-state index in [0.29, 0.717) is 34.5 Å². The van der Waals surface area contributed by atoms with Crippen molar-refractivity contribution in [1.29, 1.82) is 0 Å². The topological polar surface area (TPSA) is 67.4 Å². The lowest BCUT2D eigenvalue weighted by molar-refractivity contribution is -0.118. The Morgan fingerprint density at radius 2 is 1.75 bits per heavy atom. The largest absolute Gasteiger partial charge is 0.484 e. The molecule has 1 atom stereocenters. The lowest BCUT2D eigenvalue weighted by Gasteiger charge is -2.12. The van der Waals surface area contributed by atoms with Crippen molar-refractivity contribution in [2.45, 2.75) is 46.0 Å². The van der Waals surface area contributed by atoms with E-state index in [1.54, 1.807) is 18.2 Å². The van der Waals surface area contributed by atoms with E-state index in [1.165, 1.54) is 5.56 Å². The fourth-order valence-electron chi connectivity index (χ4n) is 2.61. The van der Waals surface area contributed by atoms with Crippen LogP contribution in [0.3, 0.4) is 0 Å². The lowest BCUT2D eigenvalue weighted by Crippen LogP contribution is -2.20. The van der Waals surface area contributed by atoms with Crippen molar-refractivity contribution in [3.05, 3.63) is 53.1 Å². The fourth-order valence-corrected chi connectivity index (χ4v) is 2.78. The van der Waals surface area contributed by atoms with Gasteiger partial charge in [0.05, 0.1) is 10.7 Å². The molecule has 0 spiro atoms. The van der Waals surface area contributed by atoms with Gasteiger partial charge < -0.3 is 15.4 Å². The second-order valence-electron chi connectivity index (χ2n) is 6.71. The van der Waals surface area contributed by atoms with Crippen LogP contribution in [0.2, 0.25) is 5.02 Å². The van der Waals surface area contributed by atoms with E-state index in [4.69, 9.17) is 16.3 Å². The Bertz CT molecular complexity index is 806. The number of carbonyl (C=O) groups is 2. The van der Waals surface area contributed by atoms with Gasteiger partial charge in [-0.2, -0.15) is 0 Å². The highest BCUT2D eigenvalue weighted by Gasteiger charge is 2.10. The molecule has 2 aromatic rings. The molecule has 150 valence electrons. The van der Waals surface area contributed by atoms with Crippen molar-refractivity contribution in [2.75, 3.05) is 17.2 Å². The van der Waals surface area contributed by atoms with Gasteiger partial charge in [-0.15, -0.1) is 0 Å². The van der Waals surface area contributed by atoms with Crippen LogP contribution in [0.4, 0.5) is 11.4 Å². The first kappa shape index (κ1) is 21.8. The third-order valence-electron chi connectivity index (χ3n) is 4.43. The molecule has 0 aliphatic carbocycles. The predicted molar refractivity (Wildman–Crippen MR) is 114 cm³/mol. The van der Waals surface area contributed by atoms with Crippen LogP contribution in [0.15, 0.2) is 42.5 Å². The standard InChI is InChI=1S/C22H27ClN2O3/c1-4-6-21(26)24-17-9-12-19(23)20(13-17)25-22(27)14-28-18-10-7-16(8-11-18)15(3)5-2/h7-13,15H,4-6,14H2,1-3H3,(H,24,26)(H,25,27)/t15-/m0/s1. The third-order valence-corrected chi connectivity index (χ3v) is 4.76. The molecule has 0 saturated heterocycles. The zero-order chi connectivity index (χ0) is 20.5. The van der Waals surface area contributed by atoms with Gasteiger partial charge in [-0.05, 0) is 54.7 Å². The van der Waals surface area contributed by atoms with Crippen molar-refractivity contribution < 1.29 is 14.3 Å². The molecule has 5 nitrogen and oxygen atoms in total. The van der Waals surface area contributed by atoms with E-state index in [1.807, 2.05) is 31.2 Å². The number of nitrogens with one attached hydrogen (secondary N) is 2. The van der Waals surface area contributed by atoms with Gasteiger partial charge in [0.1, 0.15) is 5.75 Å². The van der Waals surface area contributed by atoms with Crippen LogP contribution in [0, 0.1) is 0 Å². The molecule has 0 aliphatic rings. The van der Waals surface area contributed by atoms with Crippen LogP contribution in [-0.2, 0) is 9.59 Å². The highest BCUT2D eigenvalue weighted by atomic mass is 35.5. The lowest BCUT2D eigenvalue weighted by atomic mass is 9.99. The average Bonchev–Trinajstić information content (AvgIpc) is 2.69. The monoisotopic (exact) mass is 402 g/mol. The Kier molecular flexibility index (Phi) is 8.33. The van der Waals surface area contributed by atoms with Gasteiger partial charge in [0.25, 0.3) is 5.91 Å². The molecule has 0 saturated carbocycles. The van der Waals surface area contributed by atoms with Gasteiger partial charge in [-0.25, -0.2) is 0 Å². The third kappa shape index (κ3) is 6.57. The molecule has 2 rings (SSSR count). The number of amides is 2. The van der Waals surface area contributed by atoms with Gasteiger partial charge in [0.15, 0.2) is 6.61 Å². The molecule has 0 unspecified atom stereocenters. The summed E-state index contributed by atoms with van der Waals surface area (Å²) >= 11 is 6.15. The fraction of sp³-hybridized carbons (Fsp3) is 0.364. The van der Waals surface area contributed by atoms with Crippen LogP contribution in [-0.4, -0.2) is 18.4 Å². The number of hydrogen-bond acceptors (Lipinski definition) is 3. The zero-order valence-corrected chi connectivity index (χ0v) is 17.3. The van der Waals surface area contributed by atoms with E-state index in [9.17, 15) is 9.59 Å². The Labute approximate surface area is 171 Å². The number of rotatable bonds is 9. The molecule has 0 bridgehead atoms. The van der Waals surface area contributed by atoms with Crippen molar-refractivity contribution >= 4 is 34.8 Å². The Morgan fingerprint density at radius 1 is 1.04 bits per heavy atom. The predicted octanol–water partition coefficient (Wildman–Crippen LogP) is 5.61. The molecule has 0 fully saturated rings. The average molecular weight is 403 g/mol. The molecule has 6 heteroatoms. The van der Waals surface area contributed by atoms with Crippen molar-refractivity contribution in [1.82, 2.24) is 0 Å². The first-order valence-electron chi connectivity index (χ1n) is 9.55. The molecule has 28 heavy (non-hydrogen) atoms. The Hall–Kier alpha value is -2.53. The van der Waals surface area contributed by atoms with Gasteiger partial charge in [-0.1, -0.05) is 44.5 Å². The molecule has 2 aromatic carbocycles. The summed E-state index contributed by atoms with van der Waals surface area (Å²) in [6.45, 7) is 6.12. The maximum Gasteiger partial charge on any atom is 0.262 e. The van der Waals surface area contributed by atoms with Gasteiger partial charge in [-0.3, -0.25) is 9.59 Å². The van der Waals surface area contributed by atoms with E-state index < -0.39 is 0 Å². The van der Waals surface area contributed by atoms with Crippen LogP contribution in [0.1, 0.15) is 51.5 Å². The summed E-state index contributed by atoms with van der Waals surface area (Å²) in [5, 5.41) is 5.89. The number of halogens is 1. The van der Waals surface area contributed by atoms with E-state index in [-0.39, 0.29) is 18.4 Å². The normalized spacial score (nSPS) is 11.6. The summed E-state index contributed by atoms with van der Waals surface area (Å²) in [5.74, 6) is 0.717. The second-order valence-corrected chi connectivity index (χ2v) is 7.12. The molecule has 0 aromatic heterocycles. The summed E-state index contributed by atoms with van der Waals surface area (Å²) < 4.78 is 5.55. The van der Waals surface area contributed by atoms with Gasteiger partial charge in [0.2, 0.25) is 5.91 Å². The summed E-state index contributed by atoms with van der Waals surface area (Å²) in [6.07, 6.45) is 2.27. The smallest absolute Gasteiger partial charge is 0.262 e. The summed E-state index contributed by atoms with van der Waals surface area (Å²) in [5.41, 5.74) is 2.25. The van der Waals surface area contributed by atoms with Crippen LogP contribution in [0.25, 0.3) is 0 Å². The van der Waals surface area contributed by atoms with Crippen molar-refractivity contribution in [3.63, 3.8) is 0 Å². The number of hydrogen-bond donors (Lipinski definition) is 2. The van der Waals surface area contributed by atoms with E-state index >= 15 is 0 Å². The first-order chi connectivity index (χ1) is 13.4. The highest BCUT2D eigenvalue weighted by Crippen LogP contribution is 2.26. The first-order valence-corrected chi connectivity index (χ1v) is 9.92. The minimum Gasteiger partial charge on any atom is -0.484 e. The minimum absolute atomic E-state index is 0.0775. The number of benzene rings is 2. The molecule has 0 heterocycles. The van der Waals surface area contributed by atoms with E-state index in [0.717, 1.165) is 12.8 Å². The second kappa shape index (κ2) is 10.7. The summed E-state index contributed by atoms with van der Waals surface area (Å²) in [4.78, 5) is 23.9. The number of anilines is 2. The van der Waals surface area contributed by atoms with Crippen LogP contribution >= 0.6 is 11.6 Å². The van der Waals surface area contributed by atoms with Crippen LogP contribution in [0.5, 0.6) is 5.75 Å². The number of carbonyl (C=O) groups excluding carboxylic acids is 2. The quantitative estimate of drug-likeness (QED) is 0.572. The number of ether oxygens (including phenoxy) is 1. The minimum atomic E-state index is -0.329. The Balaban J connectivity index is 1.92. The van der Waals surface area contributed by atoms with Gasteiger partial charge >= 0.3 is 0 Å². The SMILES string of the molecule is CCCC(=O)Nc1ccc(Cl)c(NC(=O)COc2ccc([C@@H](C)CC)cc2)c1. The van der Waals surface area contributed by atoms with Crippen molar-refractivity contribution in [2.24, 2.45) is 0 Å². The summed E-state index contributed by atoms with van der Waals surface area (Å²) in [7, 11) is 0.